The third-order valence-electron chi connectivity index (χ3n) is 4.48. The SMILES string of the molecule is CSCC[C@H](NC(=O)[C@H](CCCNC(=O)[C@@H](N)CS)Cc1ccccc1)C(=O)O. The summed E-state index contributed by atoms with van der Waals surface area (Å²) >= 11 is 5.54. The van der Waals surface area contributed by atoms with Crippen LogP contribution in [-0.2, 0) is 20.8 Å². The maximum absolute atomic E-state index is 12.8. The number of hydrogen-bond donors (Lipinski definition) is 5. The highest BCUT2D eigenvalue weighted by molar-refractivity contribution is 7.98. The summed E-state index contributed by atoms with van der Waals surface area (Å²) in [5.74, 6) is -1.05. The van der Waals surface area contributed by atoms with Crippen molar-refractivity contribution < 1.29 is 19.5 Å². The molecule has 0 aliphatic rings. The maximum atomic E-state index is 12.8. The van der Waals surface area contributed by atoms with Crippen LogP contribution in [0.25, 0.3) is 0 Å². The number of nitrogens with two attached hydrogens (primary N) is 1. The minimum absolute atomic E-state index is 0.261. The van der Waals surface area contributed by atoms with E-state index in [1.807, 2.05) is 36.6 Å². The summed E-state index contributed by atoms with van der Waals surface area (Å²) in [6, 6.07) is 8.04. The van der Waals surface area contributed by atoms with Gasteiger partial charge in [-0.2, -0.15) is 24.4 Å². The highest BCUT2D eigenvalue weighted by Gasteiger charge is 2.25. The van der Waals surface area contributed by atoms with Crippen molar-refractivity contribution in [1.82, 2.24) is 10.6 Å². The summed E-state index contributed by atoms with van der Waals surface area (Å²) in [6.45, 7) is 0.397. The number of carboxylic acid groups (broad SMARTS) is 1. The number of nitrogens with one attached hydrogen (secondary N) is 2. The second-order valence-electron chi connectivity index (χ2n) is 6.79. The summed E-state index contributed by atoms with van der Waals surface area (Å²) in [6.07, 6.45) is 3.88. The number of amides is 2. The number of thioether (sulfide) groups is 1. The molecule has 0 unspecified atom stereocenters. The molecular formula is C20H31N3O4S2. The Morgan fingerprint density at radius 1 is 1.17 bits per heavy atom. The van der Waals surface area contributed by atoms with Gasteiger partial charge >= 0.3 is 5.97 Å². The summed E-state index contributed by atoms with van der Waals surface area (Å²) in [7, 11) is 0. The molecule has 0 bridgehead atoms. The highest BCUT2D eigenvalue weighted by atomic mass is 32.2. The van der Waals surface area contributed by atoms with Crippen molar-refractivity contribution >= 4 is 42.2 Å². The van der Waals surface area contributed by atoms with Crippen LogP contribution in [0.15, 0.2) is 30.3 Å². The van der Waals surface area contributed by atoms with Crippen molar-refractivity contribution in [3.63, 3.8) is 0 Å². The lowest BCUT2D eigenvalue weighted by Gasteiger charge is -2.21. The van der Waals surface area contributed by atoms with E-state index in [-0.39, 0.29) is 23.5 Å². The van der Waals surface area contributed by atoms with Crippen LogP contribution in [0.3, 0.4) is 0 Å². The van der Waals surface area contributed by atoms with Gasteiger partial charge in [-0.3, -0.25) is 9.59 Å². The van der Waals surface area contributed by atoms with Gasteiger partial charge in [0, 0.05) is 18.2 Å². The summed E-state index contributed by atoms with van der Waals surface area (Å²) < 4.78 is 0. The van der Waals surface area contributed by atoms with Gasteiger partial charge in [-0.1, -0.05) is 30.3 Å². The number of hydrogen-bond acceptors (Lipinski definition) is 6. The number of carbonyl (C=O) groups is 3. The van der Waals surface area contributed by atoms with Gasteiger partial charge in [0.15, 0.2) is 0 Å². The zero-order valence-corrected chi connectivity index (χ0v) is 18.4. The zero-order valence-electron chi connectivity index (χ0n) is 16.7. The fourth-order valence-corrected chi connectivity index (χ4v) is 3.42. The molecule has 29 heavy (non-hydrogen) atoms. The van der Waals surface area contributed by atoms with E-state index in [2.05, 4.69) is 23.3 Å². The molecule has 9 heteroatoms. The first-order chi connectivity index (χ1) is 13.9. The summed E-state index contributed by atoms with van der Waals surface area (Å²) in [5.41, 5.74) is 6.63. The predicted molar refractivity (Wildman–Crippen MR) is 120 cm³/mol. The first kappa shape index (κ1) is 25.3. The van der Waals surface area contributed by atoms with E-state index in [9.17, 15) is 19.5 Å². The summed E-state index contributed by atoms with van der Waals surface area (Å²) in [4.78, 5) is 36.0. The normalized spacial score (nSPS) is 13.9. The average Bonchev–Trinajstić information content (AvgIpc) is 2.72. The molecule has 0 spiro atoms. The second-order valence-corrected chi connectivity index (χ2v) is 8.14. The van der Waals surface area contributed by atoms with E-state index >= 15 is 0 Å². The zero-order chi connectivity index (χ0) is 21.6. The molecule has 1 rings (SSSR count). The molecule has 0 aliphatic heterocycles. The van der Waals surface area contributed by atoms with E-state index < -0.39 is 18.1 Å². The quantitative estimate of drug-likeness (QED) is 0.219. The van der Waals surface area contributed by atoms with Crippen LogP contribution in [-0.4, -0.2) is 59.3 Å². The molecule has 0 saturated carbocycles. The van der Waals surface area contributed by atoms with Crippen molar-refractivity contribution in [3.05, 3.63) is 35.9 Å². The van der Waals surface area contributed by atoms with Gasteiger partial charge in [0.1, 0.15) is 6.04 Å². The Balaban J connectivity index is 2.70. The van der Waals surface area contributed by atoms with E-state index in [0.717, 1.165) is 5.56 Å². The molecule has 0 aromatic heterocycles. The lowest BCUT2D eigenvalue weighted by Crippen LogP contribution is -2.45. The van der Waals surface area contributed by atoms with E-state index in [1.54, 1.807) is 0 Å². The predicted octanol–water partition coefficient (Wildman–Crippen LogP) is 1.32. The largest absolute Gasteiger partial charge is 0.480 e. The molecule has 5 N–H and O–H groups in total. The van der Waals surface area contributed by atoms with Crippen LogP contribution in [0.5, 0.6) is 0 Å². The molecule has 1 aromatic carbocycles. The molecule has 3 atom stereocenters. The molecule has 7 nitrogen and oxygen atoms in total. The molecule has 162 valence electrons. The minimum Gasteiger partial charge on any atom is -0.480 e. The van der Waals surface area contributed by atoms with Crippen molar-refractivity contribution in [1.29, 1.82) is 0 Å². The van der Waals surface area contributed by atoms with Gasteiger partial charge in [-0.05, 0) is 43.3 Å². The van der Waals surface area contributed by atoms with Crippen LogP contribution >= 0.6 is 24.4 Å². The maximum Gasteiger partial charge on any atom is 0.326 e. The van der Waals surface area contributed by atoms with Gasteiger partial charge in [0.2, 0.25) is 11.8 Å². The van der Waals surface area contributed by atoms with Crippen LogP contribution < -0.4 is 16.4 Å². The monoisotopic (exact) mass is 441 g/mol. The standard InChI is InChI=1S/C20H31N3O4S2/c1-29-11-9-17(20(26)27)23-18(24)15(12-14-6-3-2-4-7-14)8-5-10-22-19(25)16(21)13-28/h2-4,6-7,15-17,28H,5,8-13,21H2,1H3,(H,22,25)(H,23,24)(H,26,27)/t15-,16+,17+/m1/s1. The van der Waals surface area contributed by atoms with Gasteiger partial charge in [0.05, 0.1) is 6.04 Å². The van der Waals surface area contributed by atoms with Crippen LogP contribution in [0, 0.1) is 5.92 Å². The smallest absolute Gasteiger partial charge is 0.326 e. The Bertz CT molecular complexity index is 646. The molecule has 0 fully saturated rings. The lowest BCUT2D eigenvalue weighted by molar-refractivity contribution is -0.142. The molecule has 1 aromatic rings. The fourth-order valence-electron chi connectivity index (χ4n) is 2.78. The lowest BCUT2D eigenvalue weighted by atomic mass is 9.93. The van der Waals surface area contributed by atoms with E-state index in [0.29, 0.717) is 38.0 Å². The second kappa shape index (κ2) is 14.3. The average molecular weight is 442 g/mol. The molecule has 2 amide bonds. The topological polar surface area (TPSA) is 122 Å². The molecular weight excluding hydrogens is 410 g/mol. The van der Waals surface area contributed by atoms with Crippen LogP contribution in [0.4, 0.5) is 0 Å². The first-order valence-electron chi connectivity index (χ1n) is 9.59. The van der Waals surface area contributed by atoms with Crippen molar-refractivity contribution in [3.8, 4) is 0 Å². The Morgan fingerprint density at radius 2 is 1.86 bits per heavy atom. The number of thiol groups is 1. The molecule has 0 heterocycles. The third kappa shape index (κ3) is 10.0. The van der Waals surface area contributed by atoms with Crippen molar-refractivity contribution in [2.24, 2.45) is 11.7 Å². The van der Waals surface area contributed by atoms with E-state index in [1.165, 1.54) is 11.8 Å². The number of carbonyl (C=O) groups excluding carboxylic acids is 2. The Labute approximate surface area is 182 Å². The molecule has 0 radical (unpaired) electrons. The molecule has 0 saturated heterocycles. The van der Waals surface area contributed by atoms with Gasteiger partial charge < -0.3 is 21.5 Å². The van der Waals surface area contributed by atoms with Gasteiger partial charge in [0.25, 0.3) is 0 Å². The Morgan fingerprint density at radius 3 is 2.45 bits per heavy atom. The fraction of sp³-hybridized carbons (Fsp3) is 0.550. The number of rotatable bonds is 14. The minimum atomic E-state index is -1.03. The van der Waals surface area contributed by atoms with Gasteiger partial charge in [-0.15, -0.1) is 0 Å². The van der Waals surface area contributed by atoms with Crippen molar-refractivity contribution in [2.45, 2.75) is 37.8 Å². The Kier molecular flexibility index (Phi) is 12.5. The molecule has 0 aliphatic carbocycles. The number of carboxylic acids is 1. The number of benzene rings is 1. The Hall–Kier alpha value is -1.71. The van der Waals surface area contributed by atoms with Crippen LogP contribution in [0.2, 0.25) is 0 Å². The summed E-state index contributed by atoms with van der Waals surface area (Å²) in [5, 5.41) is 14.8. The van der Waals surface area contributed by atoms with Gasteiger partial charge in [-0.25, -0.2) is 4.79 Å². The van der Waals surface area contributed by atoms with E-state index in [4.69, 9.17) is 5.73 Å². The third-order valence-corrected chi connectivity index (χ3v) is 5.52. The van der Waals surface area contributed by atoms with Crippen molar-refractivity contribution in [2.75, 3.05) is 24.3 Å². The number of aliphatic carboxylic acids is 1. The van der Waals surface area contributed by atoms with Crippen LogP contribution in [0.1, 0.15) is 24.8 Å². The highest BCUT2D eigenvalue weighted by Crippen LogP contribution is 2.15. The first-order valence-corrected chi connectivity index (χ1v) is 11.6.